The number of phenolic OH excluding ortho intramolecular Hbond substituents is 1. The van der Waals surface area contributed by atoms with Crippen LogP contribution in [-0.4, -0.2) is 18.8 Å². The number of hydrogen-bond acceptors (Lipinski definition) is 3. The second kappa shape index (κ2) is 3.30. The van der Waals surface area contributed by atoms with Gasteiger partial charge in [0.1, 0.15) is 5.75 Å². The molecule has 0 unspecified atom stereocenters. The van der Waals surface area contributed by atoms with E-state index in [4.69, 9.17) is 9.47 Å². The van der Waals surface area contributed by atoms with Gasteiger partial charge in [-0.2, -0.15) is 0 Å². The monoisotopic (exact) mass is 216 g/mol. The minimum atomic E-state index is 0.323. The highest BCUT2D eigenvalue weighted by Crippen LogP contribution is 2.47. The quantitative estimate of drug-likeness (QED) is 0.795. The van der Waals surface area contributed by atoms with Crippen molar-refractivity contribution in [2.24, 2.45) is 0 Å². The van der Waals surface area contributed by atoms with Crippen LogP contribution in [0.5, 0.6) is 17.2 Å². The molecule has 0 spiro atoms. The molecule has 16 heavy (non-hydrogen) atoms. The van der Waals surface area contributed by atoms with Crippen LogP contribution in [0, 0.1) is 0 Å². The Morgan fingerprint density at radius 3 is 2.75 bits per heavy atom. The van der Waals surface area contributed by atoms with E-state index < -0.39 is 0 Å². The number of hydrogen-bond donors (Lipinski definition) is 1. The third-order valence-electron chi connectivity index (χ3n) is 3.00. The Bertz CT molecular complexity index is 561. The Kier molecular flexibility index (Phi) is 1.93. The lowest BCUT2D eigenvalue weighted by Crippen LogP contribution is -1.91. The molecule has 0 saturated carbocycles. The van der Waals surface area contributed by atoms with Gasteiger partial charge in [-0.15, -0.1) is 0 Å². The summed E-state index contributed by atoms with van der Waals surface area (Å²) < 4.78 is 10.9. The van der Waals surface area contributed by atoms with Gasteiger partial charge in [0.15, 0.2) is 11.5 Å². The third kappa shape index (κ3) is 1.08. The molecule has 0 aromatic heterocycles. The first-order chi connectivity index (χ1) is 7.83. The molecule has 3 heteroatoms. The summed E-state index contributed by atoms with van der Waals surface area (Å²) in [5, 5.41) is 11.9. The summed E-state index contributed by atoms with van der Waals surface area (Å²) in [5.41, 5.74) is 0.857. The Hall–Kier alpha value is -1.90. The van der Waals surface area contributed by atoms with Crippen LogP contribution in [0.1, 0.15) is 5.56 Å². The summed E-state index contributed by atoms with van der Waals surface area (Å²) in [4.78, 5) is 0. The van der Waals surface area contributed by atoms with Crippen molar-refractivity contribution >= 4 is 10.8 Å². The van der Waals surface area contributed by atoms with Crippen LogP contribution in [0.25, 0.3) is 10.8 Å². The first-order valence-corrected chi connectivity index (χ1v) is 5.26. The van der Waals surface area contributed by atoms with Crippen molar-refractivity contribution in [2.45, 2.75) is 6.42 Å². The zero-order valence-corrected chi connectivity index (χ0v) is 8.99. The molecule has 0 fully saturated rings. The van der Waals surface area contributed by atoms with Crippen LogP contribution in [0.4, 0.5) is 0 Å². The maximum Gasteiger partial charge on any atom is 0.169 e. The molecule has 1 N–H and O–H groups in total. The SMILES string of the molecule is COc1c2c(c(O)c3ccccc13)CCO2. The molecular weight excluding hydrogens is 204 g/mol. The fraction of sp³-hybridized carbons (Fsp3) is 0.231. The number of rotatable bonds is 1. The molecule has 1 aliphatic rings. The molecule has 0 aliphatic carbocycles. The van der Waals surface area contributed by atoms with Gasteiger partial charge in [-0.3, -0.25) is 0 Å². The van der Waals surface area contributed by atoms with Gasteiger partial charge in [-0.1, -0.05) is 24.3 Å². The first kappa shape index (κ1) is 9.33. The van der Waals surface area contributed by atoms with Crippen LogP contribution >= 0.6 is 0 Å². The van der Waals surface area contributed by atoms with Crippen LogP contribution in [0.3, 0.4) is 0 Å². The van der Waals surface area contributed by atoms with Gasteiger partial charge in [0, 0.05) is 22.8 Å². The van der Waals surface area contributed by atoms with E-state index in [-0.39, 0.29) is 0 Å². The van der Waals surface area contributed by atoms with Gasteiger partial charge in [0.05, 0.1) is 13.7 Å². The van der Waals surface area contributed by atoms with Gasteiger partial charge in [-0.05, 0) is 0 Å². The number of aromatic hydroxyl groups is 1. The van der Waals surface area contributed by atoms with Crippen molar-refractivity contribution in [3.8, 4) is 17.2 Å². The summed E-state index contributed by atoms with van der Waals surface area (Å²) >= 11 is 0. The smallest absolute Gasteiger partial charge is 0.169 e. The van der Waals surface area contributed by atoms with E-state index in [1.165, 1.54) is 0 Å². The molecule has 2 aromatic rings. The van der Waals surface area contributed by atoms with Crippen LogP contribution in [0.15, 0.2) is 24.3 Å². The topological polar surface area (TPSA) is 38.7 Å². The molecule has 2 aromatic carbocycles. The summed E-state index contributed by atoms with van der Waals surface area (Å²) in [7, 11) is 1.63. The normalized spacial score (nSPS) is 13.6. The summed E-state index contributed by atoms with van der Waals surface area (Å²) in [5.74, 6) is 1.74. The van der Waals surface area contributed by atoms with E-state index in [9.17, 15) is 5.11 Å². The standard InChI is InChI=1S/C13H12O3/c1-15-12-9-5-3-2-4-8(9)11(14)10-6-7-16-13(10)12/h2-5,14H,6-7H2,1H3. The van der Waals surface area contributed by atoms with E-state index in [2.05, 4.69) is 0 Å². The van der Waals surface area contributed by atoms with Crippen molar-refractivity contribution < 1.29 is 14.6 Å². The van der Waals surface area contributed by atoms with E-state index in [1.807, 2.05) is 24.3 Å². The summed E-state index contributed by atoms with van der Waals surface area (Å²) in [6, 6.07) is 7.65. The van der Waals surface area contributed by atoms with Crippen LogP contribution in [0.2, 0.25) is 0 Å². The first-order valence-electron chi connectivity index (χ1n) is 5.26. The van der Waals surface area contributed by atoms with Crippen molar-refractivity contribution in [3.05, 3.63) is 29.8 Å². The lowest BCUT2D eigenvalue weighted by molar-refractivity contribution is 0.328. The second-order valence-electron chi connectivity index (χ2n) is 3.83. The number of phenols is 1. The fourth-order valence-corrected chi connectivity index (χ4v) is 2.26. The number of fused-ring (bicyclic) bond motifs is 2. The third-order valence-corrected chi connectivity index (χ3v) is 3.00. The van der Waals surface area contributed by atoms with Crippen molar-refractivity contribution in [1.29, 1.82) is 0 Å². The zero-order valence-electron chi connectivity index (χ0n) is 8.99. The predicted molar refractivity (Wildman–Crippen MR) is 61.4 cm³/mol. The van der Waals surface area contributed by atoms with Gasteiger partial charge < -0.3 is 14.6 Å². The van der Waals surface area contributed by atoms with E-state index in [0.29, 0.717) is 18.1 Å². The van der Waals surface area contributed by atoms with Gasteiger partial charge in [-0.25, -0.2) is 0 Å². The molecule has 1 aliphatic heterocycles. The Balaban J connectivity index is 2.48. The number of methoxy groups -OCH3 is 1. The van der Waals surface area contributed by atoms with E-state index in [1.54, 1.807) is 7.11 Å². The highest BCUT2D eigenvalue weighted by molar-refractivity contribution is 5.97. The molecule has 0 atom stereocenters. The van der Waals surface area contributed by atoms with Crippen LogP contribution < -0.4 is 9.47 Å². The van der Waals surface area contributed by atoms with Gasteiger partial charge >= 0.3 is 0 Å². The highest BCUT2D eigenvalue weighted by Gasteiger charge is 2.24. The zero-order chi connectivity index (χ0) is 11.1. The number of benzene rings is 2. The lowest BCUT2D eigenvalue weighted by atomic mass is 10.0. The average Bonchev–Trinajstić information content (AvgIpc) is 2.79. The minimum absolute atomic E-state index is 0.323. The van der Waals surface area contributed by atoms with Crippen molar-refractivity contribution in [2.75, 3.05) is 13.7 Å². The largest absolute Gasteiger partial charge is 0.507 e. The van der Waals surface area contributed by atoms with Gasteiger partial charge in [0.25, 0.3) is 0 Å². The molecule has 3 rings (SSSR count). The molecule has 0 bridgehead atoms. The fourth-order valence-electron chi connectivity index (χ4n) is 2.26. The molecule has 0 radical (unpaired) electrons. The summed E-state index contributed by atoms with van der Waals surface area (Å²) in [6.07, 6.45) is 0.738. The van der Waals surface area contributed by atoms with E-state index >= 15 is 0 Å². The number of ether oxygens (including phenoxy) is 2. The molecule has 3 nitrogen and oxygen atoms in total. The van der Waals surface area contributed by atoms with E-state index in [0.717, 1.165) is 28.5 Å². The van der Waals surface area contributed by atoms with Gasteiger partial charge in [0.2, 0.25) is 0 Å². The lowest BCUT2D eigenvalue weighted by Gasteiger charge is -2.12. The van der Waals surface area contributed by atoms with Crippen molar-refractivity contribution in [1.82, 2.24) is 0 Å². The molecule has 82 valence electrons. The summed E-state index contributed by atoms with van der Waals surface area (Å²) in [6.45, 7) is 0.607. The minimum Gasteiger partial charge on any atom is -0.507 e. The van der Waals surface area contributed by atoms with Crippen molar-refractivity contribution in [3.63, 3.8) is 0 Å². The Morgan fingerprint density at radius 2 is 2.00 bits per heavy atom. The molecule has 0 amide bonds. The van der Waals surface area contributed by atoms with Crippen LogP contribution in [-0.2, 0) is 6.42 Å². The Morgan fingerprint density at radius 1 is 1.25 bits per heavy atom. The maximum atomic E-state index is 10.2. The molecule has 1 heterocycles. The Labute approximate surface area is 93.2 Å². The molecular formula is C13H12O3. The average molecular weight is 216 g/mol. The highest BCUT2D eigenvalue weighted by atomic mass is 16.5. The molecule has 0 saturated heterocycles. The predicted octanol–water partition coefficient (Wildman–Crippen LogP) is 2.49. The second-order valence-corrected chi connectivity index (χ2v) is 3.83. The maximum absolute atomic E-state index is 10.2.